The summed E-state index contributed by atoms with van der Waals surface area (Å²) in [4.78, 5) is 0. The SMILES string of the molecule is OCCCSCCNCC(O)COCC1CCCO1. The molecule has 1 saturated heterocycles. The quantitative estimate of drug-likeness (QED) is 0.448. The van der Waals surface area contributed by atoms with Gasteiger partial charge in [-0.3, -0.25) is 0 Å². The lowest BCUT2D eigenvalue weighted by atomic mass is 10.2. The Bertz CT molecular complexity index is 203. The normalized spacial score (nSPS) is 20.8. The first-order valence-electron chi connectivity index (χ1n) is 7.09. The first-order chi connectivity index (χ1) is 9.33. The van der Waals surface area contributed by atoms with Crippen LogP contribution in [0.15, 0.2) is 0 Å². The van der Waals surface area contributed by atoms with Crippen molar-refractivity contribution >= 4 is 11.8 Å². The molecular formula is C13H27NO4S. The van der Waals surface area contributed by atoms with Gasteiger partial charge in [0.05, 0.1) is 25.4 Å². The molecule has 0 radical (unpaired) electrons. The zero-order valence-electron chi connectivity index (χ0n) is 11.6. The van der Waals surface area contributed by atoms with E-state index in [0.29, 0.717) is 19.8 Å². The average molecular weight is 293 g/mol. The van der Waals surface area contributed by atoms with Gasteiger partial charge in [0.1, 0.15) is 0 Å². The molecule has 1 aliphatic heterocycles. The highest BCUT2D eigenvalue weighted by atomic mass is 32.2. The number of rotatable bonds is 12. The third kappa shape index (κ3) is 9.65. The van der Waals surface area contributed by atoms with Gasteiger partial charge < -0.3 is 25.0 Å². The largest absolute Gasteiger partial charge is 0.396 e. The van der Waals surface area contributed by atoms with E-state index < -0.39 is 6.10 Å². The second-order valence-corrected chi connectivity index (χ2v) is 5.94. The number of aliphatic hydroxyl groups excluding tert-OH is 2. The van der Waals surface area contributed by atoms with Crippen LogP contribution in [0.1, 0.15) is 19.3 Å². The maximum absolute atomic E-state index is 9.70. The summed E-state index contributed by atoms with van der Waals surface area (Å²) < 4.78 is 10.9. The fourth-order valence-corrected chi connectivity index (χ4v) is 2.68. The molecular weight excluding hydrogens is 266 g/mol. The highest BCUT2D eigenvalue weighted by molar-refractivity contribution is 7.99. The number of thioether (sulfide) groups is 1. The second-order valence-electron chi connectivity index (χ2n) is 4.72. The number of nitrogens with one attached hydrogen (secondary N) is 1. The minimum absolute atomic E-state index is 0.225. The lowest BCUT2D eigenvalue weighted by Gasteiger charge is -2.14. The van der Waals surface area contributed by atoms with Crippen molar-refractivity contribution in [2.75, 3.05) is 51.0 Å². The molecule has 1 aliphatic rings. The van der Waals surface area contributed by atoms with E-state index in [9.17, 15) is 5.11 Å². The predicted molar refractivity (Wildman–Crippen MR) is 77.7 cm³/mol. The van der Waals surface area contributed by atoms with Crippen LogP contribution in [-0.2, 0) is 9.47 Å². The van der Waals surface area contributed by atoms with Crippen molar-refractivity contribution in [3.63, 3.8) is 0 Å². The van der Waals surface area contributed by atoms with Crippen LogP contribution in [0, 0.1) is 0 Å². The fraction of sp³-hybridized carbons (Fsp3) is 1.00. The summed E-state index contributed by atoms with van der Waals surface area (Å²) in [6.45, 7) is 3.50. The topological polar surface area (TPSA) is 71.0 Å². The molecule has 2 atom stereocenters. The van der Waals surface area contributed by atoms with Crippen LogP contribution in [-0.4, -0.2) is 73.4 Å². The van der Waals surface area contributed by atoms with Gasteiger partial charge in [0.15, 0.2) is 0 Å². The standard InChI is InChI=1S/C13H27NO4S/c15-5-2-7-19-8-4-14-9-12(16)10-17-11-13-3-1-6-18-13/h12-16H,1-11H2. The molecule has 0 bridgehead atoms. The Morgan fingerprint density at radius 3 is 3.05 bits per heavy atom. The molecule has 114 valence electrons. The van der Waals surface area contributed by atoms with Crippen molar-refractivity contribution in [1.82, 2.24) is 5.32 Å². The Kier molecular flexibility index (Phi) is 10.8. The van der Waals surface area contributed by atoms with E-state index in [0.717, 1.165) is 43.9 Å². The first kappa shape index (κ1) is 17.2. The van der Waals surface area contributed by atoms with Gasteiger partial charge in [0, 0.05) is 32.1 Å². The zero-order valence-corrected chi connectivity index (χ0v) is 12.4. The molecule has 0 aromatic carbocycles. The minimum atomic E-state index is -0.455. The molecule has 1 rings (SSSR count). The van der Waals surface area contributed by atoms with Crippen molar-refractivity contribution in [1.29, 1.82) is 0 Å². The Balaban J connectivity index is 1.80. The van der Waals surface area contributed by atoms with Crippen LogP contribution in [0.25, 0.3) is 0 Å². The van der Waals surface area contributed by atoms with Gasteiger partial charge in [0.2, 0.25) is 0 Å². The lowest BCUT2D eigenvalue weighted by molar-refractivity contribution is -0.0162. The summed E-state index contributed by atoms with van der Waals surface area (Å²) in [5.74, 6) is 1.99. The maximum Gasteiger partial charge on any atom is 0.0897 e. The predicted octanol–water partition coefficient (Wildman–Crippen LogP) is 0.248. The third-order valence-corrected chi connectivity index (χ3v) is 3.96. The van der Waals surface area contributed by atoms with E-state index in [4.69, 9.17) is 14.6 Å². The van der Waals surface area contributed by atoms with E-state index in [2.05, 4.69) is 5.32 Å². The van der Waals surface area contributed by atoms with Crippen molar-refractivity contribution in [3.8, 4) is 0 Å². The Morgan fingerprint density at radius 2 is 2.32 bits per heavy atom. The van der Waals surface area contributed by atoms with E-state index in [1.54, 1.807) is 0 Å². The molecule has 0 aromatic heterocycles. The molecule has 1 heterocycles. The van der Waals surface area contributed by atoms with Crippen molar-refractivity contribution in [2.24, 2.45) is 0 Å². The van der Waals surface area contributed by atoms with E-state index in [-0.39, 0.29) is 12.7 Å². The molecule has 0 saturated carbocycles. The third-order valence-electron chi connectivity index (χ3n) is 2.89. The van der Waals surface area contributed by atoms with Crippen LogP contribution in [0.5, 0.6) is 0 Å². The fourth-order valence-electron chi connectivity index (χ4n) is 1.85. The van der Waals surface area contributed by atoms with Crippen molar-refractivity contribution in [3.05, 3.63) is 0 Å². The van der Waals surface area contributed by atoms with Gasteiger partial charge in [-0.25, -0.2) is 0 Å². The molecule has 0 amide bonds. The highest BCUT2D eigenvalue weighted by Crippen LogP contribution is 2.11. The number of hydrogen-bond acceptors (Lipinski definition) is 6. The molecule has 0 aromatic rings. The summed E-state index contributed by atoms with van der Waals surface area (Å²) in [6, 6.07) is 0. The van der Waals surface area contributed by atoms with Gasteiger partial charge in [-0.05, 0) is 25.0 Å². The minimum Gasteiger partial charge on any atom is -0.396 e. The van der Waals surface area contributed by atoms with Gasteiger partial charge >= 0.3 is 0 Å². The molecule has 3 N–H and O–H groups in total. The van der Waals surface area contributed by atoms with Crippen molar-refractivity contribution < 1.29 is 19.7 Å². The van der Waals surface area contributed by atoms with Crippen LogP contribution in [0.4, 0.5) is 0 Å². The molecule has 0 spiro atoms. The number of hydrogen-bond donors (Lipinski definition) is 3. The molecule has 6 heteroatoms. The maximum atomic E-state index is 9.70. The van der Waals surface area contributed by atoms with E-state index in [1.165, 1.54) is 0 Å². The number of ether oxygens (including phenoxy) is 2. The molecule has 0 aliphatic carbocycles. The van der Waals surface area contributed by atoms with Gasteiger partial charge in [0.25, 0.3) is 0 Å². The summed E-state index contributed by atoms with van der Waals surface area (Å²) in [6.07, 6.45) is 2.81. The van der Waals surface area contributed by atoms with Crippen LogP contribution >= 0.6 is 11.8 Å². The highest BCUT2D eigenvalue weighted by Gasteiger charge is 2.15. The van der Waals surface area contributed by atoms with Crippen LogP contribution < -0.4 is 5.32 Å². The Morgan fingerprint density at radius 1 is 1.42 bits per heavy atom. The van der Waals surface area contributed by atoms with Gasteiger partial charge in [-0.1, -0.05) is 0 Å². The Labute approximate surface area is 120 Å². The van der Waals surface area contributed by atoms with Gasteiger partial charge in [-0.15, -0.1) is 0 Å². The monoisotopic (exact) mass is 293 g/mol. The van der Waals surface area contributed by atoms with Crippen LogP contribution in [0.2, 0.25) is 0 Å². The van der Waals surface area contributed by atoms with E-state index >= 15 is 0 Å². The summed E-state index contributed by atoms with van der Waals surface area (Å²) in [7, 11) is 0. The Hall–Kier alpha value is 0.150. The molecule has 19 heavy (non-hydrogen) atoms. The van der Waals surface area contributed by atoms with E-state index in [1.807, 2.05) is 11.8 Å². The van der Waals surface area contributed by atoms with Crippen molar-refractivity contribution in [2.45, 2.75) is 31.5 Å². The first-order valence-corrected chi connectivity index (χ1v) is 8.25. The molecule has 2 unspecified atom stereocenters. The number of aliphatic hydroxyl groups is 2. The van der Waals surface area contributed by atoms with Gasteiger partial charge in [-0.2, -0.15) is 11.8 Å². The molecule has 5 nitrogen and oxygen atoms in total. The second kappa shape index (κ2) is 11.9. The zero-order chi connectivity index (χ0) is 13.8. The lowest BCUT2D eigenvalue weighted by Crippen LogP contribution is -2.32. The summed E-state index contributed by atoms with van der Waals surface area (Å²) >= 11 is 1.81. The smallest absolute Gasteiger partial charge is 0.0897 e. The summed E-state index contributed by atoms with van der Waals surface area (Å²) in [5.41, 5.74) is 0. The average Bonchev–Trinajstić information content (AvgIpc) is 2.91. The molecule has 1 fully saturated rings. The summed E-state index contributed by atoms with van der Waals surface area (Å²) in [5, 5.41) is 21.5. The van der Waals surface area contributed by atoms with Crippen LogP contribution in [0.3, 0.4) is 0 Å².